The van der Waals surface area contributed by atoms with Crippen LogP contribution in [0.2, 0.25) is 0 Å². The standard InChI is InChI=1S/C16H23N3OS2/c1-18-5-2-15(3-6-18)19(7-8-20)10-14-12-22-16(17-14)13-4-9-21-11-13/h4,9,11-12,15,20H,2-3,5-8,10H2,1H3. The molecule has 1 aliphatic rings. The number of aliphatic hydroxyl groups is 1. The number of aromatic nitrogens is 1. The van der Waals surface area contributed by atoms with E-state index in [-0.39, 0.29) is 6.61 Å². The lowest BCUT2D eigenvalue weighted by molar-refractivity contribution is 0.0933. The van der Waals surface area contributed by atoms with Crippen LogP contribution in [-0.2, 0) is 6.54 Å². The number of thiazole rings is 1. The van der Waals surface area contributed by atoms with Crippen molar-refractivity contribution in [3.63, 3.8) is 0 Å². The van der Waals surface area contributed by atoms with Gasteiger partial charge >= 0.3 is 0 Å². The third-order valence-corrected chi connectivity index (χ3v) is 5.90. The van der Waals surface area contributed by atoms with Crippen LogP contribution >= 0.6 is 22.7 Å². The monoisotopic (exact) mass is 337 g/mol. The fourth-order valence-corrected chi connectivity index (χ4v) is 4.51. The Morgan fingerprint density at radius 2 is 2.18 bits per heavy atom. The molecule has 120 valence electrons. The average molecular weight is 338 g/mol. The van der Waals surface area contributed by atoms with Crippen LogP contribution in [0.1, 0.15) is 18.5 Å². The molecule has 0 aromatic carbocycles. The van der Waals surface area contributed by atoms with Gasteiger partial charge in [-0.15, -0.1) is 11.3 Å². The largest absolute Gasteiger partial charge is 0.395 e. The van der Waals surface area contributed by atoms with Crippen LogP contribution < -0.4 is 0 Å². The summed E-state index contributed by atoms with van der Waals surface area (Å²) >= 11 is 3.42. The number of hydrogen-bond acceptors (Lipinski definition) is 6. The van der Waals surface area contributed by atoms with E-state index in [0.717, 1.165) is 36.9 Å². The van der Waals surface area contributed by atoms with Crippen molar-refractivity contribution >= 4 is 22.7 Å². The first-order valence-electron chi connectivity index (χ1n) is 7.76. The summed E-state index contributed by atoms with van der Waals surface area (Å²) in [5.74, 6) is 0. The van der Waals surface area contributed by atoms with E-state index in [1.807, 2.05) is 0 Å². The fraction of sp³-hybridized carbons (Fsp3) is 0.562. The molecule has 0 atom stereocenters. The third-order valence-electron chi connectivity index (χ3n) is 4.28. The van der Waals surface area contributed by atoms with E-state index < -0.39 is 0 Å². The molecule has 1 fully saturated rings. The highest BCUT2D eigenvalue weighted by Crippen LogP contribution is 2.27. The zero-order valence-corrected chi connectivity index (χ0v) is 14.6. The number of thiophene rings is 1. The number of hydrogen-bond donors (Lipinski definition) is 1. The highest BCUT2D eigenvalue weighted by atomic mass is 32.1. The van der Waals surface area contributed by atoms with Crippen molar-refractivity contribution in [1.82, 2.24) is 14.8 Å². The van der Waals surface area contributed by atoms with E-state index in [1.165, 1.54) is 18.4 Å². The van der Waals surface area contributed by atoms with E-state index in [9.17, 15) is 5.11 Å². The number of rotatable bonds is 6. The van der Waals surface area contributed by atoms with Crippen LogP contribution in [0.25, 0.3) is 10.6 Å². The molecule has 0 bridgehead atoms. The van der Waals surface area contributed by atoms with E-state index in [1.54, 1.807) is 22.7 Å². The molecule has 22 heavy (non-hydrogen) atoms. The fourth-order valence-electron chi connectivity index (χ4n) is 2.99. The number of piperidine rings is 1. The summed E-state index contributed by atoms with van der Waals surface area (Å²) in [6.45, 7) is 4.08. The summed E-state index contributed by atoms with van der Waals surface area (Å²) in [6, 6.07) is 2.69. The highest BCUT2D eigenvalue weighted by molar-refractivity contribution is 7.14. The minimum atomic E-state index is 0.216. The van der Waals surface area contributed by atoms with Crippen molar-refractivity contribution < 1.29 is 5.11 Å². The number of likely N-dealkylation sites (tertiary alicyclic amines) is 1. The second-order valence-corrected chi connectivity index (χ2v) is 7.52. The summed E-state index contributed by atoms with van der Waals surface area (Å²) in [5, 5.41) is 16.9. The van der Waals surface area contributed by atoms with Crippen molar-refractivity contribution in [2.24, 2.45) is 0 Å². The predicted molar refractivity (Wildman–Crippen MR) is 93.4 cm³/mol. The van der Waals surface area contributed by atoms with Crippen LogP contribution in [0.5, 0.6) is 0 Å². The smallest absolute Gasteiger partial charge is 0.124 e. The average Bonchev–Trinajstić information content (AvgIpc) is 3.18. The third kappa shape index (κ3) is 3.94. The predicted octanol–water partition coefficient (Wildman–Crippen LogP) is 2.76. The van der Waals surface area contributed by atoms with Gasteiger partial charge in [0.1, 0.15) is 5.01 Å². The first kappa shape index (κ1) is 16.1. The second-order valence-electron chi connectivity index (χ2n) is 5.88. The van der Waals surface area contributed by atoms with Gasteiger partial charge in [0.15, 0.2) is 0 Å². The maximum Gasteiger partial charge on any atom is 0.124 e. The lowest BCUT2D eigenvalue weighted by Crippen LogP contribution is -2.44. The van der Waals surface area contributed by atoms with Crippen LogP contribution in [0.15, 0.2) is 22.2 Å². The van der Waals surface area contributed by atoms with Crippen LogP contribution in [0, 0.1) is 0 Å². The summed E-state index contributed by atoms with van der Waals surface area (Å²) in [5.41, 5.74) is 2.34. The summed E-state index contributed by atoms with van der Waals surface area (Å²) in [7, 11) is 2.18. The summed E-state index contributed by atoms with van der Waals surface area (Å²) < 4.78 is 0. The molecule has 0 aliphatic carbocycles. The Morgan fingerprint density at radius 3 is 2.86 bits per heavy atom. The topological polar surface area (TPSA) is 39.6 Å². The van der Waals surface area contributed by atoms with Gasteiger partial charge in [-0.05, 0) is 44.4 Å². The molecule has 4 nitrogen and oxygen atoms in total. The van der Waals surface area contributed by atoms with Crippen molar-refractivity contribution in [3.8, 4) is 10.6 Å². The van der Waals surface area contributed by atoms with Crippen LogP contribution in [0.4, 0.5) is 0 Å². The number of nitrogens with zero attached hydrogens (tertiary/aromatic N) is 3. The highest BCUT2D eigenvalue weighted by Gasteiger charge is 2.23. The molecule has 0 radical (unpaired) electrons. The van der Waals surface area contributed by atoms with Crippen molar-refractivity contribution in [2.45, 2.75) is 25.4 Å². The quantitative estimate of drug-likeness (QED) is 0.880. The van der Waals surface area contributed by atoms with Gasteiger partial charge in [-0.2, -0.15) is 11.3 Å². The zero-order chi connectivity index (χ0) is 15.4. The molecule has 0 amide bonds. The van der Waals surface area contributed by atoms with Gasteiger partial charge in [0, 0.05) is 35.5 Å². The Kier molecular flexibility index (Phi) is 5.60. The molecule has 0 spiro atoms. The molecule has 1 aliphatic heterocycles. The SMILES string of the molecule is CN1CCC(N(CCO)Cc2csc(-c3ccsc3)n2)CC1. The van der Waals surface area contributed by atoms with Crippen LogP contribution in [-0.4, -0.2) is 59.2 Å². The molecular formula is C16H23N3OS2. The first-order valence-corrected chi connectivity index (χ1v) is 9.59. The molecule has 3 heterocycles. The maximum absolute atomic E-state index is 9.38. The molecular weight excluding hydrogens is 314 g/mol. The summed E-state index contributed by atoms with van der Waals surface area (Å²) in [6.07, 6.45) is 2.36. The van der Waals surface area contributed by atoms with E-state index in [2.05, 4.69) is 39.1 Å². The van der Waals surface area contributed by atoms with Gasteiger partial charge in [0.2, 0.25) is 0 Å². The molecule has 3 rings (SSSR count). The van der Waals surface area contributed by atoms with Crippen molar-refractivity contribution in [1.29, 1.82) is 0 Å². The van der Waals surface area contributed by atoms with Crippen molar-refractivity contribution in [2.75, 3.05) is 33.3 Å². The normalized spacial score (nSPS) is 17.4. The van der Waals surface area contributed by atoms with Gasteiger partial charge < -0.3 is 10.0 Å². The number of aliphatic hydroxyl groups excluding tert-OH is 1. The Bertz CT molecular complexity index is 562. The molecule has 2 aromatic rings. The lowest BCUT2D eigenvalue weighted by Gasteiger charge is -2.36. The van der Waals surface area contributed by atoms with E-state index in [4.69, 9.17) is 4.98 Å². The van der Waals surface area contributed by atoms with Gasteiger partial charge in [-0.1, -0.05) is 0 Å². The van der Waals surface area contributed by atoms with Gasteiger partial charge in [0.05, 0.1) is 12.3 Å². The molecule has 2 aromatic heterocycles. The minimum absolute atomic E-state index is 0.216. The molecule has 1 N–H and O–H groups in total. The molecule has 1 saturated heterocycles. The Morgan fingerprint density at radius 1 is 1.36 bits per heavy atom. The lowest BCUT2D eigenvalue weighted by atomic mass is 10.0. The Balaban J connectivity index is 1.66. The van der Waals surface area contributed by atoms with E-state index >= 15 is 0 Å². The molecule has 0 saturated carbocycles. The minimum Gasteiger partial charge on any atom is -0.395 e. The molecule has 0 unspecified atom stereocenters. The second kappa shape index (κ2) is 7.66. The van der Waals surface area contributed by atoms with Gasteiger partial charge in [0.25, 0.3) is 0 Å². The molecule has 6 heteroatoms. The van der Waals surface area contributed by atoms with Gasteiger partial charge in [-0.25, -0.2) is 4.98 Å². The maximum atomic E-state index is 9.38. The zero-order valence-electron chi connectivity index (χ0n) is 12.9. The van der Waals surface area contributed by atoms with E-state index in [0.29, 0.717) is 6.04 Å². The Hall–Kier alpha value is -0.790. The van der Waals surface area contributed by atoms with Crippen molar-refractivity contribution in [3.05, 3.63) is 27.9 Å². The summed E-state index contributed by atoms with van der Waals surface area (Å²) in [4.78, 5) is 9.56. The van der Waals surface area contributed by atoms with Gasteiger partial charge in [-0.3, -0.25) is 4.90 Å². The van der Waals surface area contributed by atoms with Crippen LogP contribution in [0.3, 0.4) is 0 Å². The first-order chi connectivity index (χ1) is 10.8. The Labute approximate surface area is 140 Å².